The molecule has 0 radical (unpaired) electrons. The van der Waals surface area contributed by atoms with Crippen molar-refractivity contribution in [3.63, 3.8) is 0 Å². The minimum atomic E-state index is -0.622. The molecule has 3 aliphatic carbocycles. The van der Waals surface area contributed by atoms with Gasteiger partial charge in [-0.25, -0.2) is 0 Å². The van der Waals surface area contributed by atoms with Gasteiger partial charge in [-0.3, -0.25) is 4.79 Å². The molecule has 0 aliphatic heterocycles. The van der Waals surface area contributed by atoms with Gasteiger partial charge in [0.15, 0.2) is 0 Å². The first-order chi connectivity index (χ1) is 7.72. The number of carboxylic acids is 1. The average molecular weight is 220 g/mol. The molecular weight excluding hydrogens is 200 g/mol. The maximum atomic E-state index is 10.7. The van der Waals surface area contributed by atoms with Gasteiger partial charge >= 0.3 is 5.97 Å². The van der Waals surface area contributed by atoms with E-state index in [2.05, 4.69) is 6.08 Å². The molecule has 2 heteroatoms. The number of hydrogen-bond acceptors (Lipinski definition) is 1. The molecule has 2 fully saturated rings. The molecule has 0 aromatic rings. The van der Waals surface area contributed by atoms with E-state index in [0.29, 0.717) is 18.3 Å². The Morgan fingerprint density at radius 2 is 2.25 bits per heavy atom. The van der Waals surface area contributed by atoms with Crippen molar-refractivity contribution in [3.05, 3.63) is 11.6 Å². The lowest BCUT2D eigenvalue weighted by molar-refractivity contribution is -0.139. The molecule has 2 nitrogen and oxygen atoms in total. The first-order valence-electron chi connectivity index (χ1n) is 6.63. The third kappa shape index (κ3) is 2.02. The summed E-state index contributed by atoms with van der Waals surface area (Å²) in [4.78, 5) is 10.7. The Kier molecular flexibility index (Phi) is 2.53. The lowest BCUT2D eigenvalue weighted by Gasteiger charge is -2.39. The van der Waals surface area contributed by atoms with Crippen LogP contribution in [0.3, 0.4) is 0 Å². The van der Waals surface area contributed by atoms with E-state index in [0.717, 1.165) is 18.3 Å². The van der Waals surface area contributed by atoms with Gasteiger partial charge in [0, 0.05) is 6.42 Å². The highest BCUT2D eigenvalue weighted by Gasteiger charge is 2.43. The van der Waals surface area contributed by atoms with Gasteiger partial charge in [-0.05, 0) is 49.4 Å². The fourth-order valence-electron chi connectivity index (χ4n) is 3.49. The van der Waals surface area contributed by atoms with Gasteiger partial charge in [-0.1, -0.05) is 24.5 Å². The van der Waals surface area contributed by atoms with Crippen LogP contribution in [0, 0.1) is 23.7 Å². The van der Waals surface area contributed by atoms with Crippen LogP contribution in [0.4, 0.5) is 0 Å². The summed E-state index contributed by atoms with van der Waals surface area (Å²) in [7, 11) is 0. The van der Waals surface area contributed by atoms with E-state index < -0.39 is 5.97 Å². The first-order valence-corrected chi connectivity index (χ1v) is 6.63. The lowest BCUT2D eigenvalue weighted by atomic mass is 9.65. The van der Waals surface area contributed by atoms with Crippen LogP contribution in [0.1, 0.15) is 44.9 Å². The lowest BCUT2D eigenvalue weighted by Crippen LogP contribution is -2.34. The minimum absolute atomic E-state index is 0.383. The number of rotatable bonds is 5. The van der Waals surface area contributed by atoms with E-state index in [9.17, 15) is 4.79 Å². The summed E-state index contributed by atoms with van der Waals surface area (Å²) in [5.41, 5.74) is 1.63. The van der Waals surface area contributed by atoms with Crippen LogP contribution in [0.25, 0.3) is 0 Å². The van der Waals surface area contributed by atoms with Gasteiger partial charge < -0.3 is 5.11 Å². The third-order valence-electron chi connectivity index (χ3n) is 4.65. The van der Waals surface area contributed by atoms with E-state index in [-0.39, 0.29) is 0 Å². The van der Waals surface area contributed by atoms with Crippen LogP contribution in [0.2, 0.25) is 0 Å². The van der Waals surface area contributed by atoms with E-state index in [1.807, 2.05) is 0 Å². The second-order valence-electron chi connectivity index (χ2n) is 5.94. The Labute approximate surface area is 96.7 Å². The molecule has 3 atom stereocenters. The number of hydrogen-bond donors (Lipinski definition) is 1. The summed E-state index contributed by atoms with van der Waals surface area (Å²) in [6, 6.07) is 0. The maximum Gasteiger partial charge on any atom is 0.303 e. The predicted octanol–water partition coefficient (Wildman–Crippen LogP) is 3.23. The minimum Gasteiger partial charge on any atom is -0.481 e. The first kappa shape index (κ1) is 10.4. The van der Waals surface area contributed by atoms with Crippen molar-refractivity contribution < 1.29 is 9.90 Å². The molecule has 0 saturated heterocycles. The number of carbonyl (C=O) groups is 1. The second-order valence-corrected chi connectivity index (χ2v) is 5.94. The molecular formula is C14H20O2. The van der Waals surface area contributed by atoms with Crippen LogP contribution in [0.5, 0.6) is 0 Å². The topological polar surface area (TPSA) is 37.3 Å². The Morgan fingerprint density at radius 1 is 1.44 bits per heavy atom. The zero-order valence-corrected chi connectivity index (χ0v) is 9.69. The van der Waals surface area contributed by atoms with E-state index in [1.54, 1.807) is 5.57 Å². The van der Waals surface area contributed by atoms with Gasteiger partial charge in [0.25, 0.3) is 0 Å². The standard InChI is InChI=1S/C14H20O2/c15-14(16)8-12-7-11-5-10(6-13(11)12)4-3-9-1-2-9/h6,9,11-13H,1-5,7-8H2,(H,15,16)/t11?,12-,13?/m1/s1. The van der Waals surface area contributed by atoms with Gasteiger partial charge in [0.05, 0.1) is 0 Å². The van der Waals surface area contributed by atoms with Gasteiger partial charge in [0.1, 0.15) is 0 Å². The van der Waals surface area contributed by atoms with Crippen LogP contribution >= 0.6 is 0 Å². The molecule has 0 aromatic heterocycles. The van der Waals surface area contributed by atoms with Crippen LogP contribution in [-0.4, -0.2) is 11.1 Å². The summed E-state index contributed by atoms with van der Waals surface area (Å²) >= 11 is 0. The number of carboxylic acid groups (broad SMARTS) is 1. The van der Waals surface area contributed by atoms with Crippen LogP contribution < -0.4 is 0 Å². The Balaban J connectivity index is 1.50. The summed E-state index contributed by atoms with van der Waals surface area (Å²) in [5, 5.41) is 8.80. The number of aliphatic carboxylic acids is 1. The molecule has 3 rings (SSSR count). The fraction of sp³-hybridized carbons (Fsp3) is 0.786. The molecule has 88 valence electrons. The smallest absolute Gasteiger partial charge is 0.303 e. The normalized spacial score (nSPS) is 36.5. The van der Waals surface area contributed by atoms with E-state index in [4.69, 9.17) is 5.11 Å². The molecule has 3 aliphatic rings. The summed E-state index contributed by atoms with van der Waals surface area (Å²) in [6.07, 6.45) is 10.8. The number of fused-ring (bicyclic) bond motifs is 1. The Hall–Kier alpha value is -0.790. The quantitative estimate of drug-likeness (QED) is 0.722. The summed E-state index contributed by atoms with van der Waals surface area (Å²) in [5.74, 6) is 2.27. The molecule has 2 unspecified atom stereocenters. The SMILES string of the molecule is O=C(O)C[C@H]1CC2CC(CCC3CC3)=CC21. The van der Waals surface area contributed by atoms with Crippen molar-refractivity contribution in [3.8, 4) is 0 Å². The van der Waals surface area contributed by atoms with Crippen molar-refractivity contribution in [2.75, 3.05) is 0 Å². The summed E-state index contributed by atoms with van der Waals surface area (Å²) in [6.45, 7) is 0. The largest absolute Gasteiger partial charge is 0.481 e. The molecule has 0 bridgehead atoms. The van der Waals surface area contributed by atoms with Gasteiger partial charge in [-0.15, -0.1) is 0 Å². The van der Waals surface area contributed by atoms with Gasteiger partial charge in [-0.2, -0.15) is 0 Å². The third-order valence-corrected chi connectivity index (χ3v) is 4.65. The highest BCUT2D eigenvalue weighted by Crippen LogP contribution is 2.52. The van der Waals surface area contributed by atoms with Crippen molar-refractivity contribution >= 4 is 5.97 Å². The second kappa shape index (κ2) is 3.90. The average Bonchev–Trinajstić information content (AvgIpc) is 2.97. The summed E-state index contributed by atoms with van der Waals surface area (Å²) < 4.78 is 0. The molecule has 2 saturated carbocycles. The molecule has 0 aromatic carbocycles. The Bertz CT molecular complexity index is 328. The zero-order chi connectivity index (χ0) is 11.1. The molecule has 1 N–H and O–H groups in total. The van der Waals surface area contributed by atoms with E-state index in [1.165, 1.54) is 32.1 Å². The zero-order valence-electron chi connectivity index (χ0n) is 9.69. The molecule has 0 amide bonds. The van der Waals surface area contributed by atoms with Crippen molar-refractivity contribution in [2.45, 2.75) is 44.9 Å². The van der Waals surface area contributed by atoms with Gasteiger partial charge in [0.2, 0.25) is 0 Å². The van der Waals surface area contributed by atoms with Crippen LogP contribution in [-0.2, 0) is 4.79 Å². The van der Waals surface area contributed by atoms with Crippen molar-refractivity contribution in [1.82, 2.24) is 0 Å². The highest BCUT2D eigenvalue weighted by atomic mass is 16.4. The fourth-order valence-corrected chi connectivity index (χ4v) is 3.49. The van der Waals surface area contributed by atoms with Crippen molar-refractivity contribution in [1.29, 1.82) is 0 Å². The van der Waals surface area contributed by atoms with Crippen molar-refractivity contribution in [2.24, 2.45) is 23.7 Å². The Morgan fingerprint density at radius 3 is 2.94 bits per heavy atom. The molecule has 0 heterocycles. The predicted molar refractivity (Wildman–Crippen MR) is 62.0 cm³/mol. The highest BCUT2D eigenvalue weighted by molar-refractivity contribution is 5.67. The van der Waals surface area contributed by atoms with E-state index >= 15 is 0 Å². The molecule has 16 heavy (non-hydrogen) atoms. The molecule has 0 spiro atoms. The van der Waals surface area contributed by atoms with Crippen LogP contribution in [0.15, 0.2) is 11.6 Å². The monoisotopic (exact) mass is 220 g/mol. The number of allylic oxidation sites excluding steroid dienone is 2. The maximum absolute atomic E-state index is 10.7.